The monoisotopic (exact) mass is 401 g/mol. The molecule has 1 aliphatic heterocycles. The van der Waals surface area contributed by atoms with E-state index < -0.39 is 5.91 Å². The third kappa shape index (κ3) is 4.55. The summed E-state index contributed by atoms with van der Waals surface area (Å²) in [5.41, 5.74) is 9.21. The van der Waals surface area contributed by atoms with Crippen LogP contribution in [0.5, 0.6) is 0 Å². The molecule has 1 saturated heterocycles. The van der Waals surface area contributed by atoms with Crippen LogP contribution in [0.3, 0.4) is 0 Å². The van der Waals surface area contributed by atoms with Crippen molar-refractivity contribution in [3.05, 3.63) is 89.6 Å². The molecule has 6 heteroatoms. The molecule has 0 saturated carbocycles. The predicted octanol–water partition coefficient (Wildman–Crippen LogP) is 2.99. The lowest BCUT2D eigenvalue weighted by Gasteiger charge is -2.33. The Kier molecular flexibility index (Phi) is 5.86. The molecule has 2 aromatic carbocycles. The summed E-state index contributed by atoms with van der Waals surface area (Å²) in [5.74, 6) is -0.369. The number of morpholine rings is 1. The number of benzene rings is 2. The number of amides is 2. The number of primary amides is 1. The molecule has 1 fully saturated rings. The van der Waals surface area contributed by atoms with Gasteiger partial charge < -0.3 is 15.4 Å². The SMILES string of the molecule is NC(=O)c1ccc(-c2cccc([C@@H]3CN(C(=O)Cc4ccccc4)CCO3)n2)cc1. The number of nitrogens with two attached hydrogens (primary N) is 1. The Bertz CT molecular complexity index is 1040. The second-order valence-electron chi connectivity index (χ2n) is 7.25. The molecule has 1 aliphatic rings. The molecule has 0 bridgehead atoms. The first kappa shape index (κ1) is 19.8. The van der Waals surface area contributed by atoms with Crippen molar-refractivity contribution in [2.24, 2.45) is 5.73 Å². The summed E-state index contributed by atoms with van der Waals surface area (Å²) >= 11 is 0. The molecule has 1 aromatic heterocycles. The van der Waals surface area contributed by atoms with Crippen molar-refractivity contribution in [3.63, 3.8) is 0 Å². The largest absolute Gasteiger partial charge is 0.368 e. The van der Waals surface area contributed by atoms with Crippen LogP contribution >= 0.6 is 0 Å². The summed E-state index contributed by atoms with van der Waals surface area (Å²) in [7, 11) is 0. The zero-order valence-electron chi connectivity index (χ0n) is 16.5. The predicted molar refractivity (Wildman–Crippen MR) is 114 cm³/mol. The van der Waals surface area contributed by atoms with E-state index >= 15 is 0 Å². The van der Waals surface area contributed by atoms with E-state index in [1.165, 1.54) is 0 Å². The molecule has 0 aliphatic carbocycles. The molecule has 0 spiro atoms. The second kappa shape index (κ2) is 8.88. The minimum Gasteiger partial charge on any atom is -0.368 e. The summed E-state index contributed by atoms with van der Waals surface area (Å²) < 4.78 is 5.92. The number of ether oxygens (including phenoxy) is 1. The number of hydrogen-bond donors (Lipinski definition) is 1. The van der Waals surface area contributed by atoms with Crippen molar-refractivity contribution in [2.45, 2.75) is 12.5 Å². The summed E-state index contributed by atoms with van der Waals surface area (Å²) in [6.07, 6.45) is 0.107. The first-order valence-corrected chi connectivity index (χ1v) is 9.90. The Morgan fingerprint density at radius 2 is 1.77 bits per heavy atom. The first-order valence-electron chi connectivity index (χ1n) is 9.90. The third-order valence-corrected chi connectivity index (χ3v) is 5.18. The lowest BCUT2D eigenvalue weighted by atomic mass is 10.1. The molecule has 0 unspecified atom stereocenters. The van der Waals surface area contributed by atoms with Crippen LogP contribution < -0.4 is 5.73 Å². The maximum atomic E-state index is 12.7. The first-order chi connectivity index (χ1) is 14.6. The van der Waals surface area contributed by atoms with Crippen LogP contribution in [-0.2, 0) is 16.0 Å². The molecule has 4 rings (SSSR count). The van der Waals surface area contributed by atoms with Crippen molar-refractivity contribution in [1.82, 2.24) is 9.88 Å². The minimum atomic E-state index is -0.459. The van der Waals surface area contributed by atoms with Crippen LogP contribution in [0.4, 0.5) is 0 Å². The van der Waals surface area contributed by atoms with Crippen LogP contribution in [0.25, 0.3) is 11.3 Å². The van der Waals surface area contributed by atoms with Gasteiger partial charge in [-0.3, -0.25) is 9.59 Å². The Morgan fingerprint density at radius 1 is 1.00 bits per heavy atom. The average molecular weight is 401 g/mol. The molecule has 2 heterocycles. The molecule has 2 N–H and O–H groups in total. The van der Waals surface area contributed by atoms with E-state index in [0.717, 1.165) is 22.5 Å². The Balaban J connectivity index is 1.47. The van der Waals surface area contributed by atoms with Gasteiger partial charge in [0.1, 0.15) is 6.10 Å². The number of carbonyl (C=O) groups is 2. The van der Waals surface area contributed by atoms with E-state index in [4.69, 9.17) is 15.5 Å². The van der Waals surface area contributed by atoms with Crippen molar-refractivity contribution in [3.8, 4) is 11.3 Å². The maximum absolute atomic E-state index is 12.7. The van der Waals surface area contributed by atoms with Crippen LogP contribution in [0, 0.1) is 0 Å². The molecule has 3 aromatic rings. The fourth-order valence-corrected chi connectivity index (χ4v) is 3.53. The van der Waals surface area contributed by atoms with Crippen molar-refractivity contribution >= 4 is 11.8 Å². The van der Waals surface area contributed by atoms with E-state index in [0.29, 0.717) is 31.7 Å². The number of aromatic nitrogens is 1. The van der Waals surface area contributed by atoms with Gasteiger partial charge in [0, 0.05) is 17.7 Å². The molecule has 6 nitrogen and oxygen atoms in total. The van der Waals surface area contributed by atoms with E-state index in [9.17, 15) is 9.59 Å². The fraction of sp³-hybridized carbons (Fsp3) is 0.208. The van der Waals surface area contributed by atoms with Crippen LogP contribution in [0.1, 0.15) is 27.7 Å². The van der Waals surface area contributed by atoms with Gasteiger partial charge in [0.15, 0.2) is 0 Å². The molecule has 2 amide bonds. The summed E-state index contributed by atoms with van der Waals surface area (Å²) in [5, 5.41) is 0. The molecular formula is C24H23N3O3. The standard InChI is InChI=1S/C24H23N3O3/c25-24(29)19-11-9-18(10-12-19)20-7-4-8-21(26-20)22-16-27(13-14-30-22)23(28)15-17-5-2-1-3-6-17/h1-12,22H,13-16H2,(H2,25,29)/t22-/m0/s1. The summed E-state index contributed by atoms with van der Waals surface area (Å²) in [6, 6.07) is 22.5. The van der Waals surface area contributed by atoms with E-state index in [2.05, 4.69) is 0 Å². The van der Waals surface area contributed by atoms with Crippen LogP contribution in [0.15, 0.2) is 72.8 Å². The fourth-order valence-electron chi connectivity index (χ4n) is 3.53. The summed E-state index contributed by atoms with van der Waals surface area (Å²) in [4.78, 5) is 30.6. The normalized spacial score (nSPS) is 16.3. The van der Waals surface area contributed by atoms with Gasteiger partial charge in [-0.05, 0) is 29.8 Å². The maximum Gasteiger partial charge on any atom is 0.248 e. The van der Waals surface area contributed by atoms with Crippen LogP contribution in [-0.4, -0.2) is 41.4 Å². The Hall–Kier alpha value is -3.51. The van der Waals surface area contributed by atoms with Gasteiger partial charge in [-0.25, -0.2) is 4.98 Å². The van der Waals surface area contributed by atoms with E-state index in [-0.39, 0.29) is 12.0 Å². The highest BCUT2D eigenvalue weighted by Crippen LogP contribution is 2.25. The van der Waals surface area contributed by atoms with E-state index in [1.807, 2.05) is 65.6 Å². The van der Waals surface area contributed by atoms with Crippen molar-refractivity contribution < 1.29 is 14.3 Å². The molecule has 152 valence electrons. The van der Waals surface area contributed by atoms with Crippen molar-refractivity contribution in [2.75, 3.05) is 19.7 Å². The van der Waals surface area contributed by atoms with Crippen molar-refractivity contribution in [1.29, 1.82) is 0 Å². The van der Waals surface area contributed by atoms with E-state index in [1.54, 1.807) is 12.1 Å². The zero-order valence-corrected chi connectivity index (χ0v) is 16.5. The van der Waals surface area contributed by atoms with Gasteiger partial charge in [0.2, 0.25) is 11.8 Å². The molecular weight excluding hydrogens is 378 g/mol. The number of nitrogens with zero attached hydrogens (tertiary/aromatic N) is 2. The van der Waals surface area contributed by atoms with Gasteiger partial charge in [-0.15, -0.1) is 0 Å². The van der Waals surface area contributed by atoms with Crippen LogP contribution in [0.2, 0.25) is 0 Å². The topological polar surface area (TPSA) is 85.5 Å². The Labute approximate surface area is 175 Å². The quantitative estimate of drug-likeness (QED) is 0.712. The highest BCUT2D eigenvalue weighted by atomic mass is 16.5. The molecule has 0 radical (unpaired) electrons. The highest BCUT2D eigenvalue weighted by molar-refractivity contribution is 5.93. The van der Waals surface area contributed by atoms with Gasteiger partial charge in [0.05, 0.1) is 31.0 Å². The third-order valence-electron chi connectivity index (χ3n) is 5.18. The molecule has 30 heavy (non-hydrogen) atoms. The number of carbonyl (C=O) groups excluding carboxylic acids is 2. The smallest absolute Gasteiger partial charge is 0.248 e. The highest BCUT2D eigenvalue weighted by Gasteiger charge is 2.26. The van der Waals surface area contributed by atoms with Gasteiger partial charge in [-0.1, -0.05) is 48.5 Å². The molecule has 1 atom stereocenters. The van der Waals surface area contributed by atoms with Gasteiger partial charge >= 0.3 is 0 Å². The summed E-state index contributed by atoms with van der Waals surface area (Å²) in [6.45, 7) is 1.53. The number of rotatable bonds is 5. The average Bonchev–Trinajstić information content (AvgIpc) is 2.80. The zero-order chi connectivity index (χ0) is 20.9. The Morgan fingerprint density at radius 3 is 2.50 bits per heavy atom. The van der Waals surface area contributed by atoms with Gasteiger partial charge in [0.25, 0.3) is 0 Å². The number of pyridine rings is 1. The second-order valence-corrected chi connectivity index (χ2v) is 7.25. The number of hydrogen-bond acceptors (Lipinski definition) is 4. The minimum absolute atomic E-state index is 0.0905. The lowest BCUT2D eigenvalue weighted by Crippen LogP contribution is -2.43. The van der Waals surface area contributed by atoms with Gasteiger partial charge in [-0.2, -0.15) is 0 Å². The lowest BCUT2D eigenvalue weighted by molar-refractivity contribution is -0.138.